The standard InChI is InChI=1S/C32H60N12/c33-17-9-1-5-13-21(17)29-37-25(13)41-30-22-14(6-2-10-18(22)34)27(38-30)43-32-24-16(8-4-12-20(24)36)28(40-32)44-31-23-15(26(39-31)42-29)7-3-11-19(23)35/h13-32,37-44H,1-12,33-36H2. The molecule has 5 heterocycles. The average Bonchev–Trinajstić information content (AvgIpc) is 3.74. The molecule has 0 aromatic rings. The Balaban J connectivity index is 1.08. The fraction of sp³-hybridized carbons (Fsp3) is 1.00. The van der Waals surface area contributed by atoms with Gasteiger partial charge in [-0.15, -0.1) is 0 Å². The van der Waals surface area contributed by atoms with E-state index in [2.05, 4.69) is 42.5 Å². The van der Waals surface area contributed by atoms with E-state index < -0.39 is 0 Å². The molecule has 12 unspecified atom stereocenters. The summed E-state index contributed by atoms with van der Waals surface area (Å²) >= 11 is 0. The lowest BCUT2D eigenvalue weighted by Gasteiger charge is -2.39. The van der Waals surface area contributed by atoms with Gasteiger partial charge in [0.1, 0.15) is 0 Å². The molecule has 0 aromatic carbocycles. The highest BCUT2D eigenvalue weighted by Crippen LogP contribution is 2.45. The first-order valence-corrected chi connectivity index (χ1v) is 18.6. The Morgan fingerprint density at radius 3 is 0.682 bits per heavy atom. The Morgan fingerprint density at radius 1 is 0.273 bits per heavy atom. The fourth-order valence-electron chi connectivity index (χ4n) is 12.5. The van der Waals surface area contributed by atoms with E-state index in [-0.39, 0.29) is 73.5 Å². The number of nitrogens with one attached hydrogen (secondary N) is 8. The third-order valence-electron chi connectivity index (χ3n) is 14.4. The van der Waals surface area contributed by atoms with E-state index >= 15 is 0 Å². The van der Waals surface area contributed by atoms with E-state index in [9.17, 15) is 0 Å². The molecule has 248 valence electrons. The number of nitrogens with two attached hydrogens (primary N) is 4. The van der Waals surface area contributed by atoms with Crippen molar-refractivity contribution in [1.82, 2.24) is 42.5 Å². The second-order valence-electron chi connectivity index (χ2n) is 16.5. The van der Waals surface area contributed by atoms with Crippen LogP contribution < -0.4 is 65.5 Å². The minimum Gasteiger partial charge on any atom is -0.327 e. The minimum atomic E-state index is 0.164. The average molecular weight is 613 g/mol. The highest BCUT2D eigenvalue weighted by molar-refractivity contribution is 5.12. The van der Waals surface area contributed by atoms with Gasteiger partial charge < -0.3 is 22.9 Å². The molecule has 0 amide bonds. The van der Waals surface area contributed by atoms with E-state index in [1.165, 1.54) is 51.4 Å². The van der Waals surface area contributed by atoms with Gasteiger partial charge in [-0.3, -0.25) is 42.5 Å². The van der Waals surface area contributed by atoms with Crippen molar-refractivity contribution in [1.29, 1.82) is 0 Å². The molecule has 44 heavy (non-hydrogen) atoms. The summed E-state index contributed by atoms with van der Waals surface area (Å²) in [6.45, 7) is 0. The highest BCUT2D eigenvalue weighted by Gasteiger charge is 2.57. The van der Waals surface area contributed by atoms with E-state index in [1.54, 1.807) is 0 Å². The van der Waals surface area contributed by atoms with E-state index in [0.717, 1.165) is 25.7 Å². The lowest BCUT2D eigenvalue weighted by Crippen LogP contribution is -2.62. The molecular weight excluding hydrogens is 552 g/mol. The summed E-state index contributed by atoms with van der Waals surface area (Å²) in [5, 5.41) is 32.9. The molecule has 12 heteroatoms. The fourth-order valence-corrected chi connectivity index (χ4v) is 12.5. The first-order chi connectivity index (χ1) is 21.4. The Hall–Kier alpha value is -0.480. The van der Waals surface area contributed by atoms with Crippen molar-refractivity contribution in [3.05, 3.63) is 0 Å². The Bertz CT molecular complexity index is 889. The molecule has 5 aliphatic heterocycles. The van der Waals surface area contributed by atoms with Crippen molar-refractivity contribution in [2.24, 2.45) is 70.3 Å². The third-order valence-corrected chi connectivity index (χ3v) is 14.4. The second-order valence-corrected chi connectivity index (χ2v) is 16.5. The van der Waals surface area contributed by atoms with Crippen LogP contribution in [0, 0.1) is 47.3 Å². The molecule has 12 nitrogen and oxygen atoms in total. The number of hydrogen-bond acceptors (Lipinski definition) is 12. The SMILES string of the molecule is NC1CCCC2C3NC(NC4NC(NC5NC(NC6NC(N3)C3C(N)CCCC63)C3C(N)CCCC53)C3C(N)CCCC43)C12. The first-order valence-electron chi connectivity index (χ1n) is 18.6. The zero-order valence-electron chi connectivity index (χ0n) is 26.3. The van der Waals surface area contributed by atoms with Gasteiger partial charge in [-0.2, -0.15) is 0 Å². The van der Waals surface area contributed by atoms with Gasteiger partial charge in [0.05, 0.1) is 49.3 Å². The molecule has 9 rings (SSSR count). The van der Waals surface area contributed by atoms with Crippen LogP contribution in [0.2, 0.25) is 0 Å². The van der Waals surface area contributed by atoms with Crippen molar-refractivity contribution >= 4 is 0 Å². The third kappa shape index (κ3) is 4.77. The van der Waals surface area contributed by atoms with Crippen LogP contribution >= 0.6 is 0 Å². The van der Waals surface area contributed by atoms with Crippen molar-refractivity contribution in [3.8, 4) is 0 Å². The molecule has 9 aliphatic rings. The summed E-state index contributed by atoms with van der Waals surface area (Å²) in [6.07, 6.45) is 15.5. The monoisotopic (exact) mass is 613 g/mol. The van der Waals surface area contributed by atoms with Gasteiger partial charge in [-0.25, -0.2) is 0 Å². The van der Waals surface area contributed by atoms with Crippen LogP contribution in [0.1, 0.15) is 77.0 Å². The predicted molar refractivity (Wildman–Crippen MR) is 171 cm³/mol. The van der Waals surface area contributed by atoms with Crippen molar-refractivity contribution in [3.63, 3.8) is 0 Å². The minimum absolute atomic E-state index is 0.164. The molecule has 4 aliphatic carbocycles. The second kappa shape index (κ2) is 11.6. The molecule has 5 saturated heterocycles. The molecule has 0 aromatic heterocycles. The first kappa shape index (κ1) is 29.6. The van der Waals surface area contributed by atoms with Crippen molar-refractivity contribution < 1.29 is 0 Å². The summed E-state index contributed by atoms with van der Waals surface area (Å²) < 4.78 is 0. The molecule has 4 saturated carbocycles. The van der Waals surface area contributed by atoms with Gasteiger partial charge in [-0.05, 0) is 75.0 Å². The molecule has 12 atom stereocenters. The predicted octanol–water partition coefficient (Wildman–Crippen LogP) is -1.65. The largest absolute Gasteiger partial charge is 0.327 e. The van der Waals surface area contributed by atoms with Crippen LogP contribution in [0.15, 0.2) is 0 Å². The maximum Gasteiger partial charge on any atom is 0.0643 e. The van der Waals surface area contributed by atoms with E-state index in [0.29, 0.717) is 47.3 Å². The maximum absolute atomic E-state index is 6.95. The summed E-state index contributed by atoms with van der Waals surface area (Å²) in [5.41, 5.74) is 27.8. The molecule has 8 bridgehead atoms. The van der Waals surface area contributed by atoms with Gasteiger partial charge in [0.25, 0.3) is 0 Å². The molecule has 16 N–H and O–H groups in total. The van der Waals surface area contributed by atoms with Crippen LogP contribution in [0.5, 0.6) is 0 Å². The Labute approximate surface area is 263 Å². The maximum atomic E-state index is 6.95. The zero-order valence-corrected chi connectivity index (χ0v) is 26.3. The van der Waals surface area contributed by atoms with Gasteiger partial charge in [0, 0.05) is 47.8 Å². The lowest BCUT2D eigenvalue weighted by atomic mass is 9.73. The summed E-state index contributed by atoms with van der Waals surface area (Å²) in [7, 11) is 0. The van der Waals surface area contributed by atoms with Crippen LogP contribution in [-0.2, 0) is 0 Å². The number of rotatable bonds is 0. The van der Waals surface area contributed by atoms with E-state index in [4.69, 9.17) is 22.9 Å². The Kier molecular flexibility index (Phi) is 7.81. The number of fused-ring (bicyclic) bond motifs is 20. The molecule has 9 fully saturated rings. The lowest BCUT2D eigenvalue weighted by molar-refractivity contribution is 0.143. The van der Waals surface area contributed by atoms with Crippen molar-refractivity contribution in [2.45, 2.75) is 151 Å². The van der Waals surface area contributed by atoms with E-state index in [1.807, 2.05) is 0 Å². The Morgan fingerprint density at radius 2 is 0.477 bits per heavy atom. The van der Waals surface area contributed by atoms with Gasteiger partial charge in [0.15, 0.2) is 0 Å². The highest BCUT2D eigenvalue weighted by atomic mass is 15.4. The summed E-state index contributed by atoms with van der Waals surface area (Å²) in [4.78, 5) is 0. The zero-order chi connectivity index (χ0) is 29.7. The molecule has 0 spiro atoms. The summed E-state index contributed by atoms with van der Waals surface area (Å²) in [6, 6.07) is 0.816. The van der Waals surface area contributed by atoms with Crippen LogP contribution in [0.3, 0.4) is 0 Å². The van der Waals surface area contributed by atoms with Gasteiger partial charge in [-0.1, -0.05) is 25.7 Å². The topological polar surface area (TPSA) is 200 Å². The van der Waals surface area contributed by atoms with Crippen LogP contribution in [0.4, 0.5) is 0 Å². The quantitative estimate of drug-likeness (QED) is 0.149. The molecule has 0 radical (unpaired) electrons. The van der Waals surface area contributed by atoms with Crippen LogP contribution in [0.25, 0.3) is 0 Å². The van der Waals surface area contributed by atoms with Crippen LogP contribution in [-0.4, -0.2) is 73.5 Å². The van der Waals surface area contributed by atoms with Crippen molar-refractivity contribution in [2.75, 3.05) is 0 Å². The van der Waals surface area contributed by atoms with Gasteiger partial charge >= 0.3 is 0 Å². The normalized spacial score (nSPS) is 60.3. The molecular formula is C32H60N12. The summed E-state index contributed by atoms with van der Waals surface area (Å²) in [5.74, 6) is 3.58. The van der Waals surface area contributed by atoms with Gasteiger partial charge in [0.2, 0.25) is 0 Å². The number of hydrogen-bond donors (Lipinski definition) is 12. The smallest absolute Gasteiger partial charge is 0.0643 e.